The largest absolute Gasteiger partial charge is 0.467 e. The number of nitrogens with one attached hydrogen (secondary N) is 2. The predicted octanol–water partition coefficient (Wildman–Crippen LogP) is 5.69. The molecule has 0 unspecified atom stereocenters. The van der Waals surface area contributed by atoms with E-state index < -0.39 is 0 Å². The van der Waals surface area contributed by atoms with Crippen LogP contribution < -0.4 is 10.6 Å². The number of fused-ring (bicyclic) bond motifs is 2. The van der Waals surface area contributed by atoms with E-state index in [-0.39, 0.29) is 18.2 Å². The molecule has 3 heterocycles. The van der Waals surface area contributed by atoms with Crippen LogP contribution in [0.1, 0.15) is 56.1 Å². The van der Waals surface area contributed by atoms with E-state index in [0.717, 1.165) is 58.9 Å². The third kappa shape index (κ3) is 4.20. The zero-order chi connectivity index (χ0) is 22.9. The van der Waals surface area contributed by atoms with Gasteiger partial charge in [0.05, 0.1) is 31.1 Å². The minimum Gasteiger partial charge on any atom is -0.467 e. The third-order valence-corrected chi connectivity index (χ3v) is 7.55. The quantitative estimate of drug-likeness (QED) is 0.385. The number of carbonyl (C=O) groups is 2. The third-order valence-electron chi connectivity index (χ3n) is 6.35. The first-order valence-electron chi connectivity index (χ1n) is 11.2. The van der Waals surface area contributed by atoms with Gasteiger partial charge < -0.3 is 19.5 Å². The molecular weight excluding hydrogens is 436 g/mol. The fourth-order valence-corrected chi connectivity index (χ4v) is 5.74. The molecule has 1 aliphatic carbocycles. The van der Waals surface area contributed by atoms with Crippen LogP contribution in [0.2, 0.25) is 0 Å². The standard InChI is InChI=1S/C26H26N2O4S/c1-15-9-10-19-17(14-32-24(19)16(15)2)12-22(29)28-26-23(20-7-3-4-8-21(20)33-26)25(30)27-13-18-6-5-11-31-18/h5-6,9-11,14H,3-4,7-8,12-13H2,1-2H3,(H,27,30)(H,28,29). The monoisotopic (exact) mass is 462 g/mol. The maximum atomic E-state index is 13.1. The fraction of sp³-hybridized carbons (Fsp3) is 0.308. The van der Waals surface area contributed by atoms with Crippen LogP contribution in [0.25, 0.3) is 11.0 Å². The van der Waals surface area contributed by atoms with Crippen LogP contribution in [0.5, 0.6) is 0 Å². The molecule has 4 aromatic rings. The number of aryl methyl sites for hydroxylation is 3. The van der Waals surface area contributed by atoms with E-state index in [4.69, 9.17) is 8.83 Å². The summed E-state index contributed by atoms with van der Waals surface area (Å²) in [7, 11) is 0. The highest BCUT2D eigenvalue weighted by molar-refractivity contribution is 7.17. The zero-order valence-corrected chi connectivity index (χ0v) is 19.6. The van der Waals surface area contributed by atoms with Gasteiger partial charge >= 0.3 is 0 Å². The number of carbonyl (C=O) groups excluding carboxylic acids is 2. The summed E-state index contributed by atoms with van der Waals surface area (Å²) in [5.74, 6) is 0.353. The van der Waals surface area contributed by atoms with E-state index in [1.165, 1.54) is 16.2 Å². The molecule has 1 aliphatic rings. The normalized spacial score (nSPS) is 13.2. The summed E-state index contributed by atoms with van der Waals surface area (Å²) < 4.78 is 11.1. The summed E-state index contributed by atoms with van der Waals surface area (Å²) >= 11 is 1.52. The van der Waals surface area contributed by atoms with Crippen molar-refractivity contribution in [3.05, 3.63) is 75.2 Å². The lowest BCUT2D eigenvalue weighted by atomic mass is 9.95. The van der Waals surface area contributed by atoms with Gasteiger partial charge in [-0.1, -0.05) is 12.1 Å². The maximum Gasteiger partial charge on any atom is 0.254 e. The van der Waals surface area contributed by atoms with Gasteiger partial charge in [-0.05, 0) is 68.4 Å². The summed E-state index contributed by atoms with van der Waals surface area (Å²) in [6.07, 6.45) is 7.39. The van der Waals surface area contributed by atoms with Gasteiger partial charge in [-0.15, -0.1) is 11.3 Å². The van der Waals surface area contributed by atoms with Crippen molar-refractivity contribution in [3.63, 3.8) is 0 Å². The lowest BCUT2D eigenvalue weighted by molar-refractivity contribution is -0.115. The molecule has 0 bridgehead atoms. The molecule has 0 fully saturated rings. The van der Waals surface area contributed by atoms with Crippen LogP contribution in [0.4, 0.5) is 5.00 Å². The van der Waals surface area contributed by atoms with Crippen LogP contribution >= 0.6 is 11.3 Å². The lowest BCUT2D eigenvalue weighted by Crippen LogP contribution is -2.25. The number of thiophene rings is 1. The van der Waals surface area contributed by atoms with Gasteiger partial charge in [0.2, 0.25) is 5.91 Å². The molecule has 0 aliphatic heterocycles. The topological polar surface area (TPSA) is 84.5 Å². The number of hydrogen-bond acceptors (Lipinski definition) is 5. The van der Waals surface area contributed by atoms with Gasteiger partial charge in [0, 0.05) is 15.8 Å². The number of amides is 2. The molecule has 0 spiro atoms. The fourth-order valence-electron chi connectivity index (χ4n) is 4.43. The number of anilines is 1. The minimum atomic E-state index is -0.180. The molecule has 7 heteroatoms. The molecular formula is C26H26N2O4S. The van der Waals surface area contributed by atoms with Gasteiger partial charge in [0.15, 0.2) is 0 Å². The van der Waals surface area contributed by atoms with E-state index in [1.807, 2.05) is 32.0 Å². The Labute approximate surface area is 196 Å². The Morgan fingerprint density at radius 2 is 1.94 bits per heavy atom. The molecule has 3 aromatic heterocycles. The molecule has 1 aromatic carbocycles. The van der Waals surface area contributed by atoms with Crippen LogP contribution in [-0.2, 0) is 30.6 Å². The first-order chi connectivity index (χ1) is 16.0. The summed E-state index contributed by atoms with van der Waals surface area (Å²) in [5, 5.41) is 7.55. The molecule has 0 radical (unpaired) electrons. The van der Waals surface area contributed by atoms with E-state index in [2.05, 4.69) is 10.6 Å². The Kier molecular flexibility index (Phi) is 5.81. The van der Waals surface area contributed by atoms with Gasteiger partial charge in [-0.25, -0.2) is 0 Å². The second-order valence-electron chi connectivity index (χ2n) is 8.55. The van der Waals surface area contributed by atoms with Crippen LogP contribution in [0.15, 0.2) is 45.6 Å². The van der Waals surface area contributed by atoms with Gasteiger partial charge in [0.1, 0.15) is 16.3 Å². The smallest absolute Gasteiger partial charge is 0.254 e. The van der Waals surface area contributed by atoms with Crippen molar-refractivity contribution < 1.29 is 18.4 Å². The van der Waals surface area contributed by atoms with Crippen molar-refractivity contribution in [2.75, 3.05) is 5.32 Å². The Bertz CT molecular complexity index is 1330. The van der Waals surface area contributed by atoms with Crippen LogP contribution in [0, 0.1) is 13.8 Å². The van der Waals surface area contributed by atoms with Crippen molar-refractivity contribution in [2.24, 2.45) is 0 Å². The Hall–Kier alpha value is -3.32. The first-order valence-corrected chi connectivity index (χ1v) is 12.0. The van der Waals surface area contributed by atoms with Crippen LogP contribution in [-0.4, -0.2) is 11.8 Å². The average Bonchev–Trinajstić information content (AvgIpc) is 3.53. The predicted molar refractivity (Wildman–Crippen MR) is 129 cm³/mol. The Morgan fingerprint density at radius 1 is 1.09 bits per heavy atom. The molecule has 33 heavy (non-hydrogen) atoms. The highest BCUT2D eigenvalue weighted by Crippen LogP contribution is 2.38. The van der Waals surface area contributed by atoms with Crippen molar-refractivity contribution in [1.82, 2.24) is 5.32 Å². The van der Waals surface area contributed by atoms with Crippen molar-refractivity contribution >= 4 is 39.1 Å². The number of furan rings is 2. The Balaban J connectivity index is 1.37. The molecule has 5 rings (SSSR count). The summed E-state index contributed by atoms with van der Waals surface area (Å²) in [6, 6.07) is 7.66. The zero-order valence-electron chi connectivity index (χ0n) is 18.7. The van der Waals surface area contributed by atoms with Gasteiger partial charge in [0.25, 0.3) is 5.91 Å². The van der Waals surface area contributed by atoms with E-state index in [0.29, 0.717) is 22.9 Å². The van der Waals surface area contributed by atoms with Gasteiger partial charge in [-0.3, -0.25) is 9.59 Å². The molecule has 2 N–H and O–H groups in total. The molecule has 0 saturated carbocycles. The molecule has 2 amide bonds. The summed E-state index contributed by atoms with van der Waals surface area (Å²) in [5.41, 5.74) is 5.57. The molecule has 0 atom stereocenters. The Morgan fingerprint density at radius 3 is 2.76 bits per heavy atom. The molecule has 6 nitrogen and oxygen atoms in total. The van der Waals surface area contributed by atoms with E-state index in [9.17, 15) is 9.59 Å². The van der Waals surface area contributed by atoms with E-state index >= 15 is 0 Å². The SMILES string of the molecule is Cc1ccc2c(CC(=O)Nc3sc4c(c3C(=O)NCc3ccco3)CCCC4)coc2c1C. The van der Waals surface area contributed by atoms with Crippen molar-refractivity contribution in [1.29, 1.82) is 0 Å². The molecule has 0 saturated heterocycles. The maximum absolute atomic E-state index is 13.1. The lowest BCUT2D eigenvalue weighted by Gasteiger charge is -2.13. The number of benzene rings is 1. The molecule has 170 valence electrons. The second kappa shape index (κ2) is 8.90. The minimum absolute atomic E-state index is 0.158. The first kappa shape index (κ1) is 21.5. The highest BCUT2D eigenvalue weighted by atomic mass is 32.1. The average molecular weight is 463 g/mol. The van der Waals surface area contributed by atoms with Gasteiger partial charge in [-0.2, -0.15) is 0 Å². The summed E-state index contributed by atoms with van der Waals surface area (Å²) in [6.45, 7) is 4.37. The number of hydrogen-bond donors (Lipinski definition) is 2. The summed E-state index contributed by atoms with van der Waals surface area (Å²) in [4.78, 5) is 27.3. The van der Waals surface area contributed by atoms with Crippen molar-refractivity contribution in [2.45, 2.75) is 52.5 Å². The number of rotatable bonds is 6. The van der Waals surface area contributed by atoms with E-state index in [1.54, 1.807) is 18.6 Å². The van der Waals surface area contributed by atoms with Crippen LogP contribution in [0.3, 0.4) is 0 Å². The highest BCUT2D eigenvalue weighted by Gasteiger charge is 2.26. The van der Waals surface area contributed by atoms with Crippen molar-refractivity contribution in [3.8, 4) is 0 Å². The second-order valence-corrected chi connectivity index (χ2v) is 9.65.